The van der Waals surface area contributed by atoms with Crippen molar-refractivity contribution in [2.75, 3.05) is 19.0 Å². The van der Waals surface area contributed by atoms with Gasteiger partial charge >= 0.3 is 0 Å². The van der Waals surface area contributed by atoms with Crippen LogP contribution in [0.5, 0.6) is 5.75 Å². The van der Waals surface area contributed by atoms with Gasteiger partial charge in [0.25, 0.3) is 0 Å². The second kappa shape index (κ2) is 9.72. The van der Waals surface area contributed by atoms with E-state index in [0.29, 0.717) is 11.4 Å². The molecule has 3 rings (SSSR count). The highest BCUT2D eigenvalue weighted by Crippen LogP contribution is 2.21. The van der Waals surface area contributed by atoms with E-state index in [1.165, 1.54) is 18.5 Å². The van der Waals surface area contributed by atoms with Crippen molar-refractivity contribution in [3.63, 3.8) is 0 Å². The van der Waals surface area contributed by atoms with Crippen molar-refractivity contribution < 1.29 is 17.9 Å². The average molecular weight is 440 g/mol. The van der Waals surface area contributed by atoms with Crippen LogP contribution in [-0.4, -0.2) is 37.3 Å². The Bertz CT molecular complexity index is 1150. The van der Waals surface area contributed by atoms with Gasteiger partial charge in [0, 0.05) is 24.6 Å². The maximum atomic E-state index is 13.3. The average Bonchev–Trinajstić information content (AvgIpc) is 2.77. The Morgan fingerprint density at radius 2 is 1.81 bits per heavy atom. The number of hydrogen-bond acceptors (Lipinski definition) is 5. The number of pyridine rings is 1. The van der Waals surface area contributed by atoms with E-state index in [-0.39, 0.29) is 18.0 Å². The lowest BCUT2D eigenvalue weighted by Crippen LogP contribution is -2.37. The summed E-state index contributed by atoms with van der Waals surface area (Å²) in [6.07, 6.45) is 2.78. The SMILES string of the molecule is COc1ccc(CN(CC(=O)Nc2cccc(C)c2C)S(=O)(=O)c2cccnc2)cc1. The van der Waals surface area contributed by atoms with Gasteiger partial charge < -0.3 is 10.1 Å². The Hall–Kier alpha value is -3.23. The predicted molar refractivity (Wildman–Crippen MR) is 119 cm³/mol. The van der Waals surface area contributed by atoms with Crippen LogP contribution < -0.4 is 10.1 Å². The molecule has 0 aliphatic heterocycles. The second-order valence-corrected chi connectivity index (χ2v) is 9.04. The molecule has 7 nitrogen and oxygen atoms in total. The maximum Gasteiger partial charge on any atom is 0.245 e. The fourth-order valence-electron chi connectivity index (χ4n) is 3.05. The highest BCUT2D eigenvalue weighted by Gasteiger charge is 2.27. The first-order chi connectivity index (χ1) is 14.8. The first-order valence-electron chi connectivity index (χ1n) is 9.70. The van der Waals surface area contributed by atoms with Crippen molar-refractivity contribution in [2.45, 2.75) is 25.3 Å². The summed E-state index contributed by atoms with van der Waals surface area (Å²) in [7, 11) is -2.38. The number of carbonyl (C=O) groups is 1. The molecule has 0 bridgehead atoms. The minimum atomic E-state index is -3.94. The summed E-state index contributed by atoms with van der Waals surface area (Å²) in [6.45, 7) is 3.55. The molecule has 0 aliphatic rings. The van der Waals surface area contributed by atoms with E-state index in [2.05, 4.69) is 10.3 Å². The number of carbonyl (C=O) groups excluding carboxylic acids is 1. The third-order valence-electron chi connectivity index (χ3n) is 4.99. The van der Waals surface area contributed by atoms with Gasteiger partial charge in [-0.1, -0.05) is 24.3 Å². The molecule has 1 heterocycles. The molecule has 3 aromatic rings. The third-order valence-corrected chi connectivity index (χ3v) is 6.76. The molecule has 2 aromatic carbocycles. The zero-order valence-corrected chi connectivity index (χ0v) is 18.5. The Labute approximate surface area is 182 Å². The summed E-state index contributed by atoms with van der Waals surface area (Å²) in [5.74, 6) is 0.243. The number of nitrogens with one attached hydrogen (secondary N) is 1. The molecule has 162 valence electrons. The molecular weight excluding hydrogens is 414 g/mol. The van der Waals surface area contributed by atoms with Crippen molar-refractivity contribution in [1.82, 2.24) is 9.29 Å². The lowest BCUT2D eigenvalue weighted by Gasteiger charge is -2.22. The lowest BCUT2D eigenvalue weighted by atomic mass is 10.1. The van der Waals surface area contributed by atoms with Gasteiger partial charge in [0.2, 0.25) is 15.9 Å². The third kappa shape index (κ3) is 5.48. The zero-order chi connectivity index (χ0) is 22.4. The van der Waals surface area contributed by atoms with E-state index in [4.69, 9.17) is 4.74 Å². The maximum absolute atomic E-state index is 13.3. The van der Waals surface area contributed by atoms with Crippen LogP contribution in [0.1, 0.15) is 16.7 Å². The first-order valence-corrected chi connectivity index (χ1v) is 11.1. The Balaban J connectivity index is 1.87. The van der Waals surface area contributed by atoms with Crippen molar-refractivity contribution in [2.24, 2.45) is 0 Å². The van der Waals surface area contributed by atoms with E-state index in [1.54, 1.807) is 43.5 Å². The predicted octanol–water partition coefficient (Wildman–Crippen LogP) is 3.54. The summed E-state index contributed by atoms with van der Waals surface area (Å²) in [5, 5.41) is 2.83. The highest BCUT2D eigenvalue weighted by atomic mass is 32.2. The van der Waals surface area contributed by atoms with Crippen molar-refractivity contribution in [1.29, 1.82) is 0 Å². The van der Waals surface area contributed by atoms with Gasteiger partial charge in [0.05, 0.1) is 13.7 Å². The van der Waals surface area contributed by atoms with Crippen LogP contribution in [0, 0.1) is 13.8 Å². The number of ether oxygens (including phenoxy) is 1. The number of methoxy groups -OCH3 is 1. The van der Waals surface area contributed by atoms with Crippen LogP contribution in [0.15, 0.2) is 71.9 Å². The van der Waals surface area contributed by atoms with E-state index in [1.807, 2.05) is 26.0 Å². The number of hydrogen-bond donors (Lipinski definition) is 1. The summed E-state index contributed by atoms with van der Waals surface area (Å²) < 4.78 is 32.8. The fraction of sp³-hybridized carbons (Fsp3) is 0.217. The van der Waals surface area contributed by atoms with E-state index < -0.39 is 15.9 Å². The standard InChI is InChI=1S/C23H25N3O4S/c1-17-6-4-8-22(18(17)2)25-23(27)16-26(15-19-9-11-20(30-3)12-10-19)31(28,29)21-7-5-13-24-14-21/h4-14H,15-16H2,1-3H3,(H,25,27). The summed E-state index contributed by atoms with van der Waals surface area (Å²) in [5.41, 5.74) is 3.37. The van der Waals surface area contributed by atoms with Crippen molar-refractivity contribution in [3.8, 4) is 5.75 Å². The Kier molecular flexibility index (Phi) is 7.04. The van der Waals surface area contributed by atoms with Gasteiger partial charge in [-0.3, -0.25) is 9.78 Å². The summed E-state index contributed by atoms with van der Waals surface area (Å²) >= 11 is 0. The molecule has 0 unspecified atom stereocenters. The van der Waals surface area contributed by atoms with Gasteiger partial charge in [-0.15, -0.1) is 0 Å². The van der Waals surface area contributed by atoms with Crippen LogP contribution in [0.3, 0.4) is 0 Å². The number of sulfonamides is 1. The lowest BCUT2D eigenvalue weighted by molar-refractivity contribution is -0.116. The molecule has 8 heteroatoms. The summed E-state index contributed by atoms with van der Waals surface area (Å²) in [6, 6.07) is 15.7. The van der Waals surface area contributed by atoms with Gasteiger partial charge in [0.1, 0.15) is 10.6 Å². The molecule has 1 N–H and O–H groups in total. The molecule has 0 saturated carbocycles. The quantitative estimate of drug-likeness (QED) is 0.580. The molecule has 31 heavy (non-hydrogen) atoms. The highest BCUT2D eigenvalue weighted by molar-refractivity contribution is 7.89. The summed E-state index contributed by atoms with van der Waals surface area (Å²) in [4.78, 5) is 16.7. The van der Waals surface area contributed by atoms with Gasteiger partial charge in [0.15, 0.2) is 0 Å². The van der Waals surface area contributed by atoms with Gasteiger partial charge in [-0.2, -0.15) is 4.31 Å². The van der Waals surface area contributed by atoms with Crippen molar-refractivity contribution in [3.05, 3.63) is 83.7 Å². The van der Waals surface area contributed by atoms with Crippen LogP contribution in [0.25, 0.3) is 0 Å². The van der Waals surface area contributed by atoms with Gasteiger partial charge in [-0.05, 0) is 60.9 Å². The minimum absolute atomic E-state index is 0.0292. The number of benzene rings is 2. The fourth-order valence-corrected chi connectivity index (χ4v) is 4.39. The molecule has 0 saturated heterocycles. The van der Waals surface area contributed by atoms with Crippen LogP contribution in [0.2, 0.25) is 0 Å². The molecule has 0 fully saturated rings. The molecular formula is C23H25N3O4S. The van der Waals surface area contributed by atoms with E-state index >= 15 is 0 Å². The van der Waals surface area contributed by atoms with E-state index in [0.717, 1.165) is 21.0 Å². The molecule has 0 spiro atoms. The monoisotopic (exact) mass is 439 g/mol. The second-order valence-electron chi connectivity index (χ2n) is 7.11. The number of amides is 1. The number of anilines is 1. The number of aromatic nitrogens is 1. The molecule has 0 aliphatic carbocycles. The number of rotatable bonds is 8. The zero-order valence-electron chi connectivity index (χ0n) is 17.7. The number of aryl methyl sites for hydroxylation is 1. The first kappa shape index (κ1) is 22.5. The largest absolute Gasteiger partial charge is 0.497 e. The topological polar surface area (TPSA) is 88.6 Å². The Morgan fingerprint density at radius 3 is 2.45 bits per heavy atom. The van der Waals surface area contributed by atoms with E-state index in [9.17, 15) is 13.2 Å². The molecule has 1 aromatic heterocycles. The molecule has 0 radical (unpaired) electrons. The van der Waals surface area contributed by atoms with Crippen LogP contribution in [-0.2, 0) is 21.4 Å². The Morgan fingerprint density at radius 1 is 1.06 bits per heavy atom. The number of nitrogens with zero attached hydrogens (tertiary/aromatic N) is 2. The molecule has 0 atom stereocenters. The molecule has 1 amide bonds. The van der Waals surface area contributed by atoms with Crippen LogP contribution >= 0.6 is 0 Å². The van der Waals surface area contributed by atoms with Crippen molar-refractivity contribution >= 4 is 21.6 Å². The van der Waals surface area contributed by atoms with Crippen LogP contribution in [0.4, 0.5) is 5.69 Å². The normalized spacial score (nSPS) is 11.4. The smallest absolute Gasteiger partial charge is 0.245 e. The minimum Gasteiger partial charge on any atom is -0.497 e. The van der Waals surface area contributed by atoms with Gasteiger partial charge in [-0.25, -0.2) is 8.42 Å².